The Morgan fingerprint density at radius 1 is 0.294 bits per heavy atom. The zero-order valence-corrected chi connectivity index (χ0v) is 83.3. The van der Waals surface area contributed by atoms with Gasteiger partial charge < -0.3 is 35.0 Å². The first kappa shape index (κ1) is 112. The molecule has 10 aromatic carbocycles. The summed E-state index contributed by atoms with van der Waals surface area (Å²) in [7, 11) is 3.31. The molecule has 0 saturated heterocycles. The van der Waals surface area contributed by atoms with Gasteiger partial charge in [-0.2, -0.15) is 0 Å². The van der Waals surface area contributed by atoms with Crippen molar-refractivity contribution >= 4 is 83.4 Å². The van der Waals surface area contributed by atoms with E-state index in [1.807, 2.05) is 200 Å². The molecule has 5 N–H and O–H groups in total. The fourth-order valence-electron chi connectivity index (χ4n) is 11.0. The van der Waals surface area contributed by atoms with Crippen LogP contribution in [-0.2, 0) is 124 Å². The molecule has 15 aromatic rings. The quantitative estimate of drug-likeness (QED) is 0.0432. The van der Waals surface area contributed by atoms with Crippen LogP contribution < -0.4 is 9.47 Å². The zero-order chi connectivity index (χ0) is 88.2. The van der Waals surface area contributed by atoms with Crippen LogP contribution in [0.15, 0.2) is 338 Å². The molecule has 23 heteroatoms. The summed E-state index contributed by atoms with van der Waals surface area (Å²) in [6.45, 7) is 16.3. The number of benzene rings is 10. The van der Waals surface area contributed by atoms with Gasteiger partial charge in [0.25, 0.3) is 0 Å². The predicted molar refractivity (Wildman–Crippen MR) is 483 cm³/mol. The van der Waals surface area contributed by atoms with Gasteiger partial charge >= 0.3 is 0 Å². The van der Waals surface area contributed by atoms with E-state index in [4.69, 9.17) is 35.0 Å². The number of ether oxygens (including phenoxy) is 2. The Bertz CT molecular complexity index is 5830. The normalized spacial score (nSPS) is 10.4. The summed E-state index contributed by atoms with van der Waals surface area (Å²) in [4.78, 5) is 73.1. The van der Waals surface area contributed by atoms with Crippen LogP contribution >= 0.6 is 0 Å². The van der Waals surface area contributed by atoms with E-state index in [0.29, 0.717) is 11.3 Å². The predicted octanol–water partition coefficient (Wildman–Crippen LogP) is 24.1. The molecule has 0 aliphatic rings. The molecule has 661 valence electrons. The van der Waals surface area contributed by atoms with E-state index in [9.17, 15) is 28.4 Å². The summed E-state index contributed by atoms with van der Waals surface area (Å²) in [6.07, 6.45) is 5.83. The number of aliphatic hydroxyl groups is 5. The smallest absolute Gasteiger partial charge is 0.155 e. The van der Waals surface area contributed by atoms with E-state index < -0.39 is 0 Å². The van der Waals surface area contributed by atoms with Crippen LogP contribution in [0, 0.1) is 43.1 Å². The van der Waals surface area contributed by atoms with Crippen molar-refractivity contribution in [3.8, 4) is 67.8 Å². The first-order valence-corrected chi connectivity index (χ1v) is 37.9. The number of para-hydroxylation sites is 5. The molecule has 0 bridgehead atoms. The van der Waals surface area contributed by atoms with Crippen molar-refractivity contribution in [2.75, 3.05) is 14.2 Å². The Kier molecular flexibility index (Phi) is 53.9. The number of methoxy groups -OCH3 is 2. The van der Waals surface area contributed by atoms with Crippen molar-refractivity contribution in [3.05, 3.63) is 380 Å². The number of aryl methyl sites for hydroxylation is 1. The van der Waals surface area contributed by atoms with Crippen molar-refractivity contribution in [2.24, 2.45) is 0 Å². The Labute approximate surface area is 803 Å². The number of halogens is 1. The molecule has 5 aromatic heterocycles. The number of pyridine rings is 5. The van der Waals surface area contributed by atoms with E-state index in [0.717, 1.165) is 100 Å². The van der Waals surface area contributed by atoms with Crippen molar-refractivity contribution in [1.29, 1.82) is 0 Å². The Morgan fingerprint density at radius 3 is 0.873 bits per heavy atom. The van der Waals surface area contributed by atoms with Crippen LogP contribution in [0.25, 0.3) is 111 Å². The number of ketones is 5. The summed E-state index contributed by atoms with van der Waals surface area (Å²) >= 11 is 0. The summed E-state index contributed by atoms with van der Waals surface area (Å²) in [5, 5.41) is 47.5. The number of nitrogens with zero attached hydrogens (tertiary/aromatic N) is 5. The summed E-state index contributed by atoms with van der Waals surface area (Å²) in [5.41, 5.74) is 14.9. The molecule has 0 unspecified atom stereocenters. The number of allylic oxidation sites excluding steroid dienone is 10. The van der Waals surface area contributed by atoms with Gasteiger partial charge in [0.2, 0.25) is 0 Å². The standard InChI is InChI=1S/2C16H12NO.C16H12N.C15H9FN.C15H10N.5C5H8O2.5Ir/c1-18-16-9-5-3-7-13(16)15-11-10-12-6-2-4-8-14(12)17-15;1-18-14-9-6-13(7-10-14)16-11-8-12-4-2-3-5-15(12)17-16;1-12-6-2-4-8-14(12)16-11-10-13-7-3-5-9-15(13)17-16;16-13-7-3-2-6-12(13)15-10-9-11-5-1-4-8-14(11)17-15;1-2-6-12(7-3-1)15-11-10-13-8-4-5-9-14(13)16-15;5*1-4(6)3-5(2)7;;;;;/h2*2-6,8-11H,1H3;2-7,9-11H,1H3;1-5,7-10H;1-6,8-11H;5*3,6H,1-2H3;;;;;/q5*-1;;;;;;;;;;. The van der Waals surface area contributed by atoms with E-state index in [-0.39, 0.29) is 164 Å². The minimum absolute atomic E-state index is 0. The molecule has 0 atom stereocenters. The average molecular weight is 2570 g/mol. The van der Waals surface area contributed by atoms with Gasteiger partial charge in [-0.15, -0.1) is 150 Å². The maximum atomic E-state index is 13.6. The Balaban J connectivity index is 0.000000715. The van der Waals surface area contributed by atoms with Gasteiger partial charge in [0.15, 0.2) is 28.9 Å². The Morgan fingerprint density at radius 2 is 0.579 bits per heavy atom. The average Bonchev–Trinajstić information content (AvgIpc) is 0.820. The second kappa shape index (κ2) is 60.6. The Hall–Kier alpha value is -11.9. The number of carbonyl (C=O) groups excluding carboxylic acids is 5. The van der Waals surface area contributed by atoms with Gasteiger partial charge in [0.05, 0.1) is 70.6 Å². The molecule has 126 heavy (non-hydrogen) atoms. The third-order valence-corrected chi connectivity index (χ3v) is 16.0. The minimum Gasteiger partial charge on any atom is -0.540 e. The maximum absolute atomic E-state index is 13.6. The number of aliphatic hydroxyl groups excluding tert-OH is 5. The van der Waals surface area contributed by atoms with Gasteiger partial charge in [0.1, 0.15) is 0 Å². The third kappa shape index (κ3) is 41.3. The first-order chi connectivity index (χ1) is 58.0. The van der Waals surface area contributed by atoms with E-state index in [1.165, 1.54) is 122 Å². The van der Waals surface area contributed by atoms with Crippen LogP contribution in [-0.4, -0.2) is 93.6 Å². The van der Waals surface area contributed by atoms with E-state index in [1.54, 1.807) is 26.4 Å². The molecule has 17 nitrogen and oxygen atoms in total. The van der Waals surface area contributed by atoms with E-state index >= 15 is 0 Å². The van der Waals surface area contributed by atoms with Crippen molar-refractivity contribution in [2.45, 2.75) is 76.2 Å². The summed E-state index contributed by atoms with van der Waals surface area (Å²) in [6, 6.07) is 106. The maximum Gasteiger partial charge on any atom is 0.155 e. The van der Waals surface area contributed by atoms with Crippen molar-refractivity contribution in [1.82, 2.24) is 24.9 Å². The van der Waals surface area contributed by atoms with Gasteiger partial charge in [-0.3, -0.25) is 53.3 Å². The molecule has 15 rings (SSSR count). The molecular weight excluding hydrogens is 2480 g/mol. The van der Waals surface area contributed by atoms with Crippen molar-refractivity contribution in [3.63, 3.8) is 0 Å². The number of fused-ring (bicyclic) bond motifs is 5. The molecule has 0 spiro atoms. The zero-order valence-electron chi connectivity index (χ0n) is 71.3. The van der Waals surface area contributed by atoms with Crippen LogP contribution in [0.2, 0.25) is 0 Å². The second-order valence-corrected chi connectivity index (χ2v) is 26.6. The monoisotopic (exact) mass is 2580 g/mol. The van der Waals surface area contributed by atoms with Crippen molar-refractivity contribution < 1.29 is 164 Å². The van der Waals surface area contributed by atoms with Gasteiger partial charge in [0, 0.05) is 148 Å². The van der Waals surface area contributed by atoms with Crippen LogP contribution in [0.1, 0.15) is 74.8 Å². The van der Waals surface area contributed by atoms with Crippen LogP contribution in [0.5, 0.6) is 11.5 Å². The molecule has 0 fully saturated rings. The fraction of sp³-hybridized carbons (Fsp3) is 0.126. The SMILES string of the molecule is CC(=O)C=C(C)O.CC(=O)C=C(C)O.CC(=O)C=C(C)O.CC(=O)C=C(C)O.CC(=O)C=C(C)O.COc1c[c-]c(-c2ccc3ccccc3n2)cc1.COc1ccc[c-]c1-c1ccc2ccccc2n1.Cc1ccc[c-]c1-c1ccc2ccccc2n1.Fc1ccc[c-]c1-c1ccc2ccccc2n1.[Ir].[Ir].[Ir].[Ir].[Ir].[c-]1ccccc1-c1ccc2ccccc2n1. The number of aromatic nitrogens is 5. The first-order valence-electron chi connectivity index (χ1n) is 37.9. The van der Waals surface area contributed by atoms with E-state index in [2.05, 4.69) is 123 Å². The molecule has 0 aliphatic carbocycles. The van der Waals surface area contributed by atoms with Gasteiger partial charge in [-0.25, -0.2) is 0 Å². The third-order valence-electron chi connectivity index (χ3n) is 16.0. The number of carbonyl (C=O) groups is 5. The summed E-state index contributed by atoms with van der Waals surface area (Å²) in [5.74, 6) is 0.989. The largest absolute Gasteiger partial charge is 0.540 e. The molecule has 5 radical (unpaired) electrons. The van der Waals surface area contributed by atoms with Crippen LogP contribution in [0.4, 0.5) is 4.39 Å². The molecule has 0 saturated carbocycles. The van der Waals surface area contributed by atoms with Gasteiger partial charge in [-0.1, -0.05) is 170 Å². The molecule has 5 heterocycles. The molecule has 0 aliphatic heterocycles. The topological polar surface area (TPSA) is 269 Å². The fourth-order valence-corrected chi connectivity index (χ4v) is 11.0. The molecule has 0 amide bonds. The number of hydrogen-bond acceptors (Lipinski definition) is 17. The summed E-state index contributed by atoms with van der Waals surface area (Å²) < 4.78 is 24.1. The van der Waals surface area contributed by atoms with Gasteiger partial charge in [-0.05, 0) is 155 Å². The number of hydrogen-bond donors (Lipinski definition) is 5. The molecular formula is C103H95FIr5N5O12-5. The van der Waals surface area contributed by atoms with Crippen LogP contribution in [0.3, 0.4) is 0 Å². The second-order valence-electron chi connectivity index (χ2n) is 26.6. The minimum atomic E-state index is -0.296. The number of rotatable bonds is 12.